The van der Waals surface area contributed by atoms with Crippen LogP contribution in [0.15, 0.2) is 36.4 Å². The summed E-state index contributed by atoms with van der Waals surface area (Å²) in [6, 6.07) is 11.0. The summed E-state index contributed by atoms with van der Waals surface area (Å²) in [7, 11) is -3.04. The lowest BCUT2D eigenvalue weighted by molar-refractivity contribution is -0.244. The summed E-state index contributed by atoms with van der Waals surface area (Å²) in [5.41, 5.74) is 3.18. The Balaban J connectivity index is 0.000000358. The number of amides is 2. The molecule has 2 aliphatic heterocycles. The maximum Gasteiger partial charge on any atom is 0.521 e. The van der Waals surface area contributed by atoms with Gasteiger partial charge in [0.2, 0.25) is 11.8 Å². The molecule has 0 radical (unpaired) electrons. The van der Waals surface area contributed by atoms with Gasteiger partial charge in [0.25, 0.3) is 0 Å². The number of benzene rings is 2. The summed E-state index contributed by atoms with van der Waals surface area (Å²) >= 11 is 0. The van der Waals surface area contributed by atoms with Gasteiger partial charge in [0, 0.05) is 37.6 Å². The third-order valence-corrected chi connectivity index (χ3v) is 6.57. The Hall–Kier alpha value is -3.04. The van der Waals surface area contributed by atoms with Crippen molar-refractivity contribution in [1.82, 2.24) is 0 Å². The maximum atomic E-state index is 12.1. The van der Waals surface area contributed by atoms with Crippen molar-refractivity contribution < 1.29 is 40.6 Å². The van der Waals surface area contributed by atoms with E-state index in [9.17, 15) is 19.8 Å². The van der Waals surface area contributed by atoms with Crippen molar-refractivity contribution >= 4 is 31.4 Å². The number of aromatic hydroxyl groups is 2. The zero-order chi connectivity index (χ0) is 29.5. The smallest absolute Gasteiger partial charge is 0.521 e. The van der Waals surface area contributed by atoms with Gasteiger partial charge in [0.1, 0.15) is 11.5 Å². The number of para-hydroxylation sites is 2. The molecule has 1 unspecified atom stereocenters. The van der Waals surface area contributed by atoms with Crippen LogP contribution in [0, 0.1) is 0 Å². The van der Waals surface area contributed by atoms with Gasteiger partial charge in [0.15, 0.2) is 0 Å². The molecule has 0 saturated carbocycles. The molecule has 2 aliphatic rings. The SMILES string of the molecule is CC(C)(C)c1cc(N2CCCC2=O)c(O)c(C(C)(C)C)c1.O=C1CCCN1c1ccccc1O.O=[P+]([O-])OO.[HH]. The van der Waals surface area contributed by atoms with Crippen LogP contribution in [0.4, 0.5) is 11.4 Å². The number of hydrogen-bond acceptors (Lipinski definition) is 8. The fourth-order valence-corrected chi connectivity index (χ4v) is 4.33. The molecule has 2 amide bonds. The van der Waals surface area contributed by atoms with E-state index >= 15 is 0 Å². The van der Waals surface area contributed by atoms with Crippen molar-refractivity contribution in [2.45, 2.75) is 78.1 Å². The lowest BCUT2D eigenvalue weighted by Gasteiger charge is -2.29. The largest absolute Gasteiger partial charge is 0.565 e. The molecule has 11 heteroatoms. The standard InChI is InChI=1S/C18H27NO2.C10H11NO2.HO4P.H2/c1-17(2,3)12-10-13(18(4,5)6)16(21)14(11-12)19-9-7-8-15(19)20;12-9-5-2-1-4-8(9)11-7-3-6-10(11)13;1-4-5(2)3;/h10-11,21H,7-9H2,1-6H3;1-2,4-5,12H,3,6-7H2;1H;1H. The van der Waals surface area contributed by atoms with E-state index in [4.69, 9.17) is 14.7 Å². The zero-order valence-corrected chi connectivity index (χ0v) is 24.3. The second-order valence-corrected chi connectivity index (χ2v) is 12.1. The Morgan fingerprint density at radius 2 is 1.36 bits per heavy atom. The summed E-state index contributed by atoms with van der Waals surface area (Å²) in [6.07, 6.45) is 2.91. The van der Waals surface area contributed by atoms with Gasteiger partial charge in [-0.1, -0.05) is 59.7 Å². The second kappa shape index (κ2) is 13.3. The number of hydrogen-bond donors (Lipinski definition) is 3. The molecule has 2 saturated heterocycles. The van der Waals surface area contributed by atoms with Crippen molar-refractivity contribution in [2.24, 2.45) is 0 Å². The molecule has 4 rings (SSSR count). The lowest BCUT2D eigenvalue weighted by atomic mass is 9.79. The van der Waals surface area contributed by atoms with E-state index in [1.54, 1.807) is 28.0 Å². The number of anilines is 2. The first-order chi connectivity index (χ1) is 18.1. The Labute approximate surface area is 232 Å². The molecule has 0 aliphatic carbocycles. The van der Waals surface area contributed by atoms with Crippen LogP contribution >= 0.6 is 8.25 Å². The average Bonchev–Trinajstić information content (AvgIpc) is 3.46. The fraction of sp³-hybridized carbons (Fsp3) is 0.500. The Morgan fingerprint density at radius 1 is 0.872 bits per heavy atom. The van der Waals surface area contributed by atoms with Gasteiger partial charge in [-0.3, -0.25) is 9.59 Å². The Morgan fingerprint density at radius 3 is 1.74 bits per heavy atom. The van der Waals surface area contributed by atoms with Crippen LogP contribution in [0.1, 0.15) is 79.8 Å². The average molecular weight is 565 g/mol. The lowest BCUT2D eigenvalue weighted by Crippen LogP contribution is -2.26. The number of phenols is 2. The molecular formula is C28H41N2O8P. The molecule has 2 heterocycles. The summed E-state index contributed by atoms with van der Waals surface area (Å²) in [5, 5.41) is 27.2. The van der Waals surface area contributed by atoms with E-state index in [0.717, 1.165) is 30.5 Å². The normalized spacial score (nSPS) is 15.9. The summed E-state index contributed by atoms with van der Waals surface area (Å²) in [4.78, 5) is 35.7. The molecule has 2 aromatic carbocycles. The summed E-state index contributed by atoms with van der Waals surface area (Å²) in [5.74, 6) is 0.640. The van der Waals surface area contributed by atoms with E-state index < -0.39 is 8.25 Å². The van der Waals surface area contributed by atoms with Crippen LogP contribution in [0.25, 0.3) is 0 Å². The van der Waals surface area contributed by atoms with Crippen LogP contribution < -0.4 is 14.7 Å². The monoisotopic (exact) mass is 564 g/mol. The molecule has 2 aromatic rings. The van der Waals surface area contributed by atoms with Crippen molar-refractivity contribution in [3.63, 3.8) is 0 Å². The maximum absolute atomic E-state index is 12.1. The molecule has 216 valence electrons. The van der Waals surface area contributed by atoms with Crippen LogP contribution in [0.5, 0.6) is 11.5 Å². The highest BCUT2D eigenvalue weighted by Gasteiger charge is 2.30. The van der Waals surface area contributed by atoms with Gasteiger partial charge in [-0.05, 0) is 52.0 Å². The third kappa shape index (κ3) is 8.73. The number of carbonyl (C=O) groups excluding carboxylic acids is 2. The fourth-order valence-electron chi connectivity index (χ4n) is 4.33. The minimum atomic E-state index is -3.04. The third-order valence-electron chi connectivity index (χ3n) is 6.44. The van der Waals surface area contributed by atoms with Crippen molar-refractivity contribution in [2.75, 3.05) is 22.9 Å². The topological polar surface area (TPSA) is 151 Å². The molecular weight excluding hydrogens is 523 g/mol. The van der Waals surface area contributed by atoms with Gasteiger partial charge in [-0.15, -0.1) is 0 Å². The molecule has 2 fully saturated rings. The van der Waals surface area contributed by atoms with Crippen LogP contribution in [-0.4, -0.2) is 40.4 Å². The molecule has 0 aromatic heterocycles. The van der Waals surface area contributed by atoms with Crippen LogP contribution in [0.3, 0.4) is 0 Å². The van der Waals surface area contributed by atoms with E-state index in [1.807, 2.05) is 12.1 Å². The number of phenolic OH excluding ortho intramolecular Hbond substituents is 2. The van der Waals surface area contributed by atoms with Crippen LogP contribution in [-0.2, 0) is 29.7 Å². The number of carbonyl (C=O) groups is 2. The van der Waals surface area contributed by atoms with Crippen LogP contribution in [0.2, 0.25) is 0 Å². The molecule has 3 N–H and O–H groups in total. The Kier molecular flexibility index (Phi) is 11.0. The molecule has 0 bridgehead atoms. The van der Waals surface area contributed by atoms with E-state index in [2.05, 4.69) is 52.3 Å². The van der Waals surface area contributed by atoms with Crippen molar-refractivity contribution in [3.05, 3.63) is 47.5 Å². The van der Waals surface area contributed by atoms with Gasteiger partial charge < -0.3 is 24.9 Å². The highest BCUT2D eigenvalue weighted by molar-refractivity contribution is 7.30. The summed E-state index contributed by atoms with van der Waals surface area (Å²) < 4.78 is 11.6. The van der Waals surface area contributed by atoms with Gasteiger partial charge in [-0.2, -0.15) is 0 Å². The first kappa shape index (κ1) is 32.2. The molecule has 0 spiro atoms. The second-order valence-electron chi connectivity index (χ2n) is 11.5. The van der Waals surface area contributed by atoms with Crippen molar-refractivity contribution in [1.29, 1.82) is 0 Å². The van der Waals surface area contributed by atoms with Crippen molar-refractivity contribution in [3.8, 4) is 11.5 Å². The Bertz CT molecular complexity index is 1190. The van der Waals surface area contributed by atoms with Gasteiger partial charge >= 0.3 is 8.25 Å². The number of rotatable bonds is 3. The molecule has 39 heavy (non-hydrogen) atoms. The zero-order valence-electron chi connectivity index (χ0n) is 23.4. The highest BCUT2D eigenvalue weighted by atomic mass is 31.1. The molecule has 10 nitrogen and oxygen atoms in total. The predicted octanol–water partition coefficient (Wildman–Crippen LogP) is 5.37. The molecule has 1 atom stereocenters. The highest BCUT2D eigenvalue weighted by Crippen LogP contribution is 2.42. The minimum Gasteiger partial charge on any atom is -0.565 e. The summed E-state index contributed by atoms with van der Waals surface area (Å²) in [6.45, 7) is 14.1. The van der Waals surface area contributed by atoms with Gasteiger partial charge in [0.05, 0.1) is 11.4 Å². The first-order valence-electron chi connectivity index (χ1n) is 12.8. The van der Waals surface area contributed by atoms with E-state index in [1.165, 1.54) is 0 Å². The number of nitrogens with zero attached hydrogens (tertiary/aromatic N) is 2. The minimum absolute atomic E-state index is 0. The van der Waals surface area contributed by atoms with E-state index in [-0.39, 0.29) is 35.6 Å². The first-order valence-corrected chi connectivity index (χ1v) is 13.9. The quantitative estimate of drug-likeness (QED) is 0.256. The van der Waals surface area contributed by atoms with E-state index in [0.29, 0.717) is 30.8 Å². The predicted molar refractivity (Wildman–Crippen MR) is 150 cm³/mol. The van der Waals surface area contributed by atoms with Gasteiger partial charge in [-0.25, -0.2) is 5.26 Å².